The molecule has 1 heterocycles. The summed E-state index contributed by atoms with van der Waals surface area (Å²) in [6.07, 6.45) is 2.30. The van der Waals surface area contributed by atoms with E-state index in [4.69, 9.17) is 0 Å². The molecule has 2 aromatic rings. The summed E-state index contributed by atoms with van der Waals surface area (Å²) in [5.41, 5.74) is 1.62. The van der Waals surface area contributed by atoms with E-state index in [2.05, 4.69) is 41.4 Å². The number of aromatic nitrogens is 2. The largest absolute Gasteiger partial charge is 0.366 e. The normalized spacial score (nSPS) is 14.2. The number of benzene rings is 1. The van der Waals surface area contributed by atoms with E-state index in [9.17, 15) is 10.1 Å². The molecule has 3 rings (SSSR count). The molecule has 1 fully saturated rings. The molecule has 25 heavy (non-hydrogen) atoms. The van der Waals surface area contributed by atoms with Gasteiger partial charge >= 0.3 is 0 Å². The Labute approximate surface area is 147 Å². The first kappa shape index (κ1) is 17.1. The third-order valence-corrected chi connectivity index (χ3v) is 3.88. The van der Waals surface area contributed by atoms with Crippen LogP contribution in [0, 0.1) is 10.1 Å². The number of rotatable bonds is 6. The van der Waals surface area contributed by atoms with Gasteiger partial charge in [-0.15, -0.1) is 0 Å². The predicted octanol–water partition coefficient (Wildman–Crippen LogP) is 4.08. The third-order valence-electron chi connectivity index (χ3n) is 3.88. The Balaban J connectivity index is 1.81. The van der Waals surface area contributed by atoms with Crippen molar-refractivity contribution in [2.24, 2.45) is 0 Å². The molecule has 0 aliphatic heterocycles. The minimum absolute atomic E-state index is 0.111. The molecule has 1 saturated carbocycles. The van der Waals surface area contributed by atoms with Crippen molar-refractivity contribution in [1.82, 2.24) is 9.97 Å². The summed E-state index contributed by atoms with van der Waals surface area (Å²) in [5.74, 6) is 1.76. The van der Waals surface area contributed by atoms with Crippen LogP contribution in [0.15, 0.2) is 30.3 Å². The summed E-state index contributed by atoms with van der Waals surface area (Å²) in [4.78, 5) is 19.9. The summed E-state index contributed by atoms with van der Waals surface area (Å²) in [6.45, 7) is 6.51. The Bertz CT molecular complexity index is 781. The van der Waals surface area contributed by atoms with Crippen molar-refractivity contribution in [1.29, 1.82) is 0 Å². The van der Waals surface area contributed by atoms with Crippen LogP contribution in [0.5, 0.6) is 0 Å². The molecule has 7 nitrogen and oxygen atoms in total. The monoisotopic (exact) mass is 341 g/mol. The second-order valence-corrected chi connectivity index (χ2v) is 7.39. The molecule has 0 bridgehead atoms. The standard InChI is InChI=1S/C18H23N5O2/c1-18(2,3)22-17-20-14(12-8-9-12)10-16(21-17)19-11-13-6-4-5-7-15(13)23(24)25/h4-7,10,12H,8-9,11H2,1-3H3,(H2,19,20,21,22). The second-order valence-electron chi connectivity index (χ2n) is 7.39. The van der Waals surface area contributed by atoms with Gasteiger partial charge in [0.05, 0.1) is 10.6 Å². The van der Waals surface area contributed by atoms with Crippen molar-refractivity contribution in [2.45, 2.75) is 51.6 Å². The van der Waals surface area contributed by atoms with Crippen LogP contribution in [0.1, 0.15) is 50.8 Å². The van der Waals surface area contributed by atoms with E-state index in [0.717, 1.165) is 18.5 Å². The van der Waals surface area contributed by atoms with Crippen LogP contribution >= 0.6 is 0 Å². The predicted molar refractivity (Wildman–Crippen MR) is 97.8 cm³/mol. The van der Waals surface area contributed by atoms with Crippen LogP contribution in [-0.4, -0.2) is 20.4 Å². The van der Waals surface area contributed by atoms with Crippen LogP contribution < -0.4 is 10.6 Å². The van der Waals surface area contributed by atoms with E-state index in [1.54, 1.807) is 18.2 Å². The molecular formula is C18H23N5O2. The van der Waals surface area contributed by atoms with E-state index in [0.29, 0.717) is 29.8 Å². The van der Waals surface area contributed by atoms with Crippen molar-refractivity contribution in [3.63, 3.8) is 0 Å². The fourth-order valence-corrected chi connectivity index (χ4v) is 2.56. The highest BCUT2D eigenvalue weighted by Crippen LogP contribution is 2.40. The lowest BCUT2D eigenvalue weighted by Gasteiger charge is -2.21. The Morgan fingerprint density at radius 1 is 1.24 bits per heavy atom. The highest BCUT2D eigenvalue weighted by Gasteiger charge is 2.27. The lowest BCUT2D eigenvalue weighted by atomic mass is 10.1. The zero-order valence-corrected chi connectivity index (χ0v) is 14.7. The molecule has 0 unspecified atom stereocenters. The van der Waals surface area contributed by atoms with Crippen LogP contribution in [0.25, 0.3) is 0 Å². The SMILES string of the molecule is CC(C)(C)Nc1nc(NCc2ccccc2[N+](=O)[O-])cc(C2CC2)n1. The van der Waals surface area contributed by atoms with Gasteiger partial charge in [0.1, 0.15) is 5.82 Å². The van der Waals surface area contributed by atoms with Crippen LogP contribution in [-0.2, 0) is 6.54 Å². The summed E-state index contributed by atoms with van der Waals surface area (Å²) < 4.78 is 0. The number of nitrogens with zero attached hydrogens (tertiary/aromatic N) is 3. The summed E-state index contributed by atoms with van der Waals surface area (Å²) in [5, 5.41) is 17.6. The maximum absolute atomic E-state index is 11.1. The number of hydrogen-bond acceptors (Lipinski definition) is 6. The molecular weight excluding hydrogens is 318 g/mol. The number of nitrogens with one attached hydrogen (secondary N) is 2. The molecule has 1 aliphatic carbocycles. The summed E-state index contributed by atoms with van der Waals surface area (Å²) >= 11 is 0. The molecule has 0 radical (unpaired) electrons. The van der Waals surface area contributed by atoms with Gasteiger partial charge < -0.3 is 10.6 Å². The number of anilines is 2. The lowest BCUT2D eigenvalue weighted by Crippen LogP contribution is -2.27. The molecule has 0 amide bonds. The first-order valence-electron chi connectivity index (χ1n) is 8.45. The van der Waals surface area contributed by atoms with Gasteiger partial charge in [0.25, 0.3) is 5.69 Å². The molecule has 1 aromatic carbocycles. The van der Waals surface area contributed by atoms with Crippen LogP contribution in [0.3, 0.4) is 0 Å². The molecule has 0 saturated heterocycles. The van der Waals surface area contributed by atoms with Gasteiger partial charge in [0, 0.05) is 35.7 Å². The average molecular weight is 341 g/mol. The average Bonchev–Trinajstić information content (AvgIpc) is 3.36. The Hall–Kier alpha value is -2.70. The summed E-state index contributed by atoms with van der Waals surface area (Å²) in [7, 11) is 0. The lowest BCUT2D eigenvalue weighted by molar-refractivity contribution is -0.385. The second kappa shape index (κ2) is 6.66. The fourth-order valence-electron chi connectivity index (χ4n) is 2.56. The highest BCUT2D eigenvalue weighted by atomic mass is 16.6. The van der Waals surface area contributed by atoms with Crippen LogP contribution in [0.4, 0.5) is 17.5 Å². The van der Waals surface area contributed by atoms with Gasteiger partial charge in [-0.3, -0.25) is 10.1 Å². The van der Waals surface area contributed by atoms with Crippen molar-refractivity contribution in [3.05, 3.63) is 51.7 Å². The van der Waals surface area contributed by atoms with E-state index >= 15 is 0 Å². The Morgan fingerprint density at radius 3 is 2.60 bits per heavy atom. The van der Waals surface area contributed by atoms with Crippen molar-refractivity contribution in [2.75, 3.05) is 10.6 Å². The number of para-hydroxylation sites is 1. The maximum atomic E-state index is 11.1. The van der Waals surface area contributed by atoms with Crippen molar-refractivity contribution >= 4 is 17.5 Å². The van der Waals surface area contributed by atoms with Gasteiger partial charge in [0.15, 0.2) is 0 Å². The van der Waals surface area contributed by atoms with Crippen molar-refractivity contribution in [3.8, 4) is 0 Å². The first-order chi connectivity index (χ1) is 11.8. The maximum Gasteiger partial charge on any atom is 0.274 e. The molecule has 0 spiro atoms. The zero-order valence-electron chi connectivity index (χ0n) is 14.7. The third kappa shape index (κ3) is 4.65. The van der Waals surface area contributed by atoms with Gasteiger partial charge in [-0.1, -0.05) is 18.2 Å². The number of hydrogen-bond donors (Lipinski definition) is 2. The van der Waals surface area contributed by atoms with E-state index < -0.39 is 0 Å². The van der Waals surface area contributed by atoms with Gasteiger partial charge in [-0.05, 0) is 33.6 Å². The quantitative estimate of drug-likeness (QED) is 0.607. The molecule has 1 aliphatic rings. The molecule has 132 valence electrons. The minimum atomic E-state index is -0.362. The summed E-state index contributed by atoms with van der Waals surface area (Å²) in [6, 6.07) is 8.68. The molecule has 7 heteroatoms. The van der Waals surface area contributed by atoms with Crippen LogP contribution in [0.2, 0.25) is 0 Å². The Kier molecular flexibility index (Phi) is 4.57. The Morgan fingerprint density at radius 2 is 1.96 bits per heavy atom. The van der Waals surface area contributed by atoms with E-state index in [-0.39, 0.29) is 16.1 Å². The van der Waals surface area contributed by atoms with E-state index in [1.807, 2.05) is 6.07 Å². The van der Waals surface area contributed by atoms with Gasteiger partial charge in [-0.2, -0.15) is 4.98 Å². The zero-order chi connectivity index (χ0) is 18.0. The highest BCUT2D eigenvalue weighted by molar-refractivity contribution is 5.47. The fraction of sp³-hybridized carbons (Fsp3) is 0.444. The molecule has 1 aromatic heterocycles. The number of nitro groups is 1. The van der Waals surface area contributed by atoms with Gasteiger partial charge in [-0.25, -0.2) is 4.98 Å². The minimum Gasteiger partial charge on any atom is -0.366 e. The molecule has 0 atom stereocenters. The van der Waals surface area contributed by atoms with Gasteiger partial charge in [0.2, 0.25) is 5.95 Å². The molecule has 2 N–H and O–H groups in total. The smallest absolute Gasteiger partial charge is 0.274 e. The van der Waals surface area contributed by atoms with E-state index in [1.165, 1.54) is 6.07 Å². The number of nitro benzene ring substituents is 1. The topological polar surface area (TPSA) is 93.0 Å². The first-order valence-corrected chi connectivity index (χ1v) is 8.45. The van der Waals surface area contributed by atoms with Crippen molar-refractivity contribution < 1.29 is 4.92 Å².